The molecule has 116 valence electrons. The summed E-state index contributed by atoms with van der Waals surface area (Å²) in [5.74, 6) is 1.31. The summed E-state index contributed by atoms with van der Waals surface area (Å²) >= 11 is 7.72. The Labute approximate surface area is 136 Å². The molecule has 1 saturated carbocycles. The molecule has 2 unspecified atom stereocenters. The van der Waals surface area contributed by atoms with Gasteiger partial charge in [0.1, 0.15) is 0 Å². The average molecular weight is 327 g/mol. The van der Waals surface area contributed by atoms with E-state index < -0.39 is 0 Å². The first-order valence-electron chi connectivity index (χ1n) is 7.57. The molecule has 3 N–H and O–H groups in total. The summed E-state index contributed by atoms with van der Waals surface area (Å²) < 4.78 is 0. The summed E-state index contributed by atoms with van der Waals surface area (Å²) in [5.41, 5.74) is 5.79. The van der Waals surface area contributed by atoms with E-state index in [-0.39, 0.29) is 11.9 Å². The Balaban J connectivity index is 1.73. The Morgan fingerprint density at radius 1 is 1.33 bits per heavy atom. The number of nitrogens with one attached hydrogen (secondary N) is 1. The second kappa shape index (κ2) is 8.66. The Hall–Kier alpha value is -0.710. The maximum atomic E-state index is 12.0. The lowest BCUT2D eigenvalue weighted by molar-refractivity contribution is -0.121. The molecule has 3 nitrogen and oxygen atoms in total. The van der Waals surface area contributed by atoms with Gasteiger partial charge in [-0.2, -0.15) is 0 Å². The van der Waals surface area contributed by atoms with E-state index in [0.29, 0.717) is 18.9 Å². The van der Waals surface area contributed by atoms with Gasteiger partial charge in [-0.15, -0.1) is 11.8 Å². The van der Waals surface area contributed by atoms with Crippen LogP contribution in [0.1, 0.15) is 32.1 Å². The summed E-state index contributed by atoms with van der Waals surface area (Å²) in [4.78, 5) is 13.1. The summed E-state index contributed by atoms with van der Waals surface area (Å²) in [5, 5.41) is 3.90. The Bertz CT molecular complexity index is 469. The third-order valence-electron chi connectivity index (χ3n) is 3.98. The number of thioether (sulfide) groups is 1. The molecule has 0 radical (unpaired) electrons. The molecule has 1 aliphatic rings. The number of halogens is 1. The van der Waals surface area contributed by atoms with Crippen LogP contribution in [0.4, 0.5) is 0 Å². The summed E-state index contributed by atoms with van der Waals surface area (Å²) in [7, 11) is 0. The highest BCUT2D eigenvalue weighted by atomic mass is 35.5. The summed E-state index contributed by atoms with van der Waals surface area (Å²) in [6.07, 6.45) is 5.14. The van der Waals surface area contributed by atoms with Crippen LogP contribution in [0.5, 0.6) is 0 Å². The van der Waals surface area contributed by atoms with Gasteiger partial charge in [0, 0.05) is 23.1 Å². The molecule has 1 fully saturated rings. The fraction of sp³-hybridized carbons (Fsp3) is 0.562. The number of hydrogen-bond acceptors (Lipinski definition) is 3. The average Bonchev–Trinajstić information content (AvgIpc) is 2.50. The van der Waals surface area contributed by atoms with E-state index in [4.69, 9.17) is 17.3 Å². The van der Waals surface area contributed by atoms with Gasteiger partial charge in [-0.25, -0.2) is 0 Å². The SMILES string of the molecule is NCC1CCCCC1NC(=O)CCSc1ccccc1Cl. The van der Waals surface area contributed by atoms with Crippen molar-refractivity contribution in [3.05, 3.63) is 29.3 Å². The number of rotatable bonds is 6. The third-order valence-corrected chi connectivity index (χ3v) is 5.50. The van der Waals surface area contributed by atoms with Crippen molar-refractivity contribution in [2.24, 2.45) is 11.7 Å². The van der Waals surface area contributed by atoms with Crippen molar-refractivity contribution in [2.45, 2.75) is 43.0 Å². The smallest absolute Gasteiger partial charge is 0.221 e. The van der Waals surface area contributed by atoms with Crippen LogP contribution >= 0.6 is 23.4 Å². The maximum Gasteiger partial charge on any atom is 0.221 e. The lowest BCUT2D eigenvalue weighted by atomic mass is 9.84. The topological polar surface area (TPSA) is 55.1 Å². The molecule has 0 bridgehead atoms. The fourth-order valence-corrected chi connectivity index (χ4v) is 3.96. The molecule has 0 spiro atoms. The Kier molecular flexibility index (Phi) is 6.87. The number of carbonyl (C=O) groups is 1. The quantitative estimate of drug-likeness (QED) is 0.787. The van der Waals surface area contributed by atoms with Crippen LogP contribution in [-0.2, 0) is 4.79 Å². The van der Waals surface area contributed by atoms with Gasteiger partial charge in [-0.05, 0) is 37.4 Å². The van der Waals surface area contributed by atoms with Crippen molar-refractivity contribution in [2.75, 3.05) is 12.3 Å². The predicted octanol–water partition coefficient (Wildman–Crippen LogP) is 3.46. The van der Waals surface area contributed by atoms with Crippen LogP contribution in [0.2, 0.25) is 5.02 Å². The second-order valence-electron chi connectivity index (χ2n) is 5.48. The van der Waals surface area contributed by atoms with E-state index in [1.165, 1.54) is 12.8 Å². The van der Waals surface area contributed by atoms with Crippen molar-refractivity contribution in [1.82, 2.24) is 5.32 Å². The van der Waals surface area contributed by atoms with Gasteiger partial charge < -0.3 is 11.1 Å². The normalized spacial score (nSPS) is 22.0. The summed E-state index contributed by atoms with van der Waals surface area (Å²) in [6.45, 7) is 0.666. The monoisotopic (exact) mass is 326 g/mol. The minimum Gasteiger partial charge on any atom is -0.353 e. The largest absolute Gasteiger partial charge is 0.353 e. The number of amides is 1. The number of nitrogens with two attached hydrogens (primary N) is 1. The van der Waals surface area contributed by atoms with Gasteiger partial charge in [-0.3, -0.25) is 4.79 Å². The molecule has 21 heavy (non-hydrogen) atoms. The van der Waals surface area contributed by atoms with Crippen LogP contribution in [0, 0.1) is 5.92 Å². The molecular weight excluding hydrogens is 304 g/mol. The fourth-order valence-electron chi connectivity index (χ4n) is 2.77. The standard InChI is InChI=1S/C16H23ClN2OS/c17-13-6-2-4-8-15(13)21-10-9-16(20)19-14-7-3-1-5-12(14)11-18/h2,4,6,8,12,14H,1,3,5,7,9-11,18H2,(H,19,20). The van der Waals surface area contributed by atoms with Crippen molar-refractivity contribution >= 4 is 29.3 Å². The molecule has 0 heterocycles. The van der Waals surface area contributed by atoms with E-state index in [9.17, 15) is 4.79 Å². The highest BCUT2D eigenvalue weighted by Crippen LogP contribution is 2.27. The Morgan fingerprint density at radius 2 is 2.10 bits per heavy atom. The zero-order valence-electron chi connectivity index (χ0n) is 12.2. The molecule has 0 aliphatic heterocycles. The summed E-state index contributed by atoms with van der Waals surface area (Å²) in [6, 6.07) is 7.99. The van der Waals surface area contributed by atoms with Crippen molar-refractivity contribution in [3.8, 4) is 0 Å². The molecule has 2 rings (SSSR count). The Morgan fingerprint density at radius 3 is 2.86 bits per heavy atom. The highest BCUT2D eigenvalue weighted by molar-refractivity contribution is 7.99. The zero-order valence-corrected chi connectivity index (χ0v) is 13.8. The van der Waals surface area contributed by atoms with Crippen LogP contribution < -0.4 is 11.1 Å². The van der Waals surface area contributed by atoms with Crippen molar-refractivity contribution in [1.29, 1.82) is 0 Å². The van der Waals surface area contributed by atoms with Crippen LogP contribution in [-0.4, -0.2) is 24.2 Å². The van der Waals surface area contributed by atoms with Gasteiger partial charge >= 0.3 is 0 Å². The van der Waals surface area contributed by atoms with E-state index in [1.807, 2.05) is 24.3 Å². The lowest BCUT2D eigenvalue weighted by Gasteiger charge is -2.31. The molecule has 1 aliphatic carbocycles. The first-order chi connectivity index (χ1) is 10.2. The van der Waals surface area contributed by atoms with E-state index in [1.54, 1.807) is 11.8 Å². The molecule has 5 heteroatoms. The molecule has 1 amide bonds. The minimum absolute atomic E-state index is 0.125. The van der Waals surface area contributed by atoms with E-state index in [0.717, 1.165) is 28.5 Å². The second-order valence-corrected chi connectivity index (χ2v) is 7.03. The van der Waals surface area contributed by atoms with Gasteiger partial charge in [0.25, 0.3) is 0 Å². The predicted molar refractivity (Wildman–Crippen MR) is 89.7 cm³/mol. The van der Waals surface area contributed by atoms with Gasteiger partial charge in [-0.1, -0.05) is 36.6 Å². The van der Waals surface area contributed by atoms with Gasteiger partial charge in [0.15, 0.2) is 0 Å². The van der Waals surface area contributed by atoms with E-state index >= 15 is 0 Å². The third kappa shape index (κ3) is 5.20. The maximum absolute atomic E-state index is 12.0. The first kappa shape index (κ1) is 16.7. The van der Waals surface area contributed by atoms with Crippen LogP contribution in [0.3, 0.4) is 0 Å². The van der Waals surface area contributed by atoms with Crippen LogP contribution in [0.25, 0.3) is 0 Å². The molecule has 2 atom stereocenters. The van der Waals surface area contributed by atoms with Crippen LogP contribution in [0.15, 0.2) is 29.2 Å². The molecular formula is C16H23ClN2OS. The number of benzene rings is 1. The first-order valence-corrected chi connectivity index (χ1v) is 8.94. The van der Waals surface area contributed by atoms with E-state index in [2.05, 4.69) is 5.32 Å². The number of carbonyl (C=O) groups excluding carboxylic acids is 1. The minimum atomic E-state index is 0.125. The molecule has 0 saturated heterocycles. The van der Waals surface area contributed by atoms with Gasteiger partial charge in [0.2, 0.25) is 5.91 Å². The van der Waals surface area contributed by atoms with Crippen molar-refractivity contribution < 1.29 is 4.79 Å². The molecule has 0 aromatic heterocycles. The zero-order chi connectivity index (χ0) is 15.1. The van der Waals surface area contributed by atoms with Gasteiger partial charge in [0.05, 0.1) is 5.02 Å². The highest BCUT2D eigenvalue weighted by Gasteiger charge is 2.24. The number of hydrogen-bond donors (Lipinski definition) is 2. The lowest BCUT2D eigenvalue weighted by Crippen LogP contribution is -2.44. The molecule has 1 aromatic carbocycles. The van der Waals surface area contributed by atoms with Crippen molar-refractivity contribution in [3.63, 3.8) is 0 Å². The molecule has 1 aromatic rings.